The molecule has 1 rings (SSSR count). The number of nitrogen functional groups attached to an aromatic ring is 1. The number of alkyl halides is 3. The first-order chi connectivity index (χ1) is 7.34. The van der Waals surface area contributed by atoms with Crippen molar-refractivity contribution < 1.29 is 18.0 Å². The van der Waals surface area contributed by atoms with Crippen LogP contribution in [0.1, 0.15) is 18.9 Å². The molecule has 3 nitrogen and oxygen atoms in total. The van der Waals surface area contributed by atoms with E-state index in [1.807, 2.05) is 0 Å². The van der Waals surface area contributed by atoms with Gasteiger partial charge < -0.3 is 11.1 Å². The first-order valence-electron chi connectivity index (χ1n) is 4.61. The van der Waals surface area contributed by atoms with Gasteiger partial charge in [0.25, 0.3) is 0 Å². The van der Waals surface area contributed by atoms with Crippen molar-refractivity contribution in [2.45, 2.75) is 19.5 Å². The van der Waals surface area contributed by atoms with Crippen molar-refractivity contribution in [1.82, 2.24) is 0 Å². The molecule has 16 heavy (non-hydrogen) atoms. The smallest absolute Gasteiger partial charge is 0.399 e. The van der Waals surface area contributed by atoms with E-state index in [2.05, 4.69) is 5.32 Å². The number of nitrogens with one attached hydrogen (secondary N) is 1. The van der Waals surface area contributed by atoms with Gasteiger partial charge in [-0.15, -0.1) is 0 Å². The quantitative estimate of drug-likeness (QED) is 0.770. The van der Waals surface area contributed by atoms with Gasteiger partial charge in [0, 0.05) is 12.1 Å². The summed E-state index contributed by atoms with van der Waals surface area (Å²) in [5.74, 6) is -0.477. The van der Waals surface area contributed by atoms with E-state index >= 15 is 0 Å². The Labute approximate surface area is 90.4 Å². The number of hydrogen-bond donors (Lipinski definition) is 2. The normalized spacial score (nSPS) is 11.2. The molecule has 0 aliphatic carbocycles. The average molecular weight is 232 g/mol. The first kappa shape index (κ1) is 12.4. The summed E-state index contributed by atoms with van der Waals surface area (Å²) in [5, 5.41) is 2.18. The van der Waals surface area contributed by atoms with Gasteiger partial charge in [-0.2, -0.15) is 13.2 Å². The second-order valence-corrected chi connectivity index (χ2v) is 3.20. The van der Waals surface area contributed by atoms with E-state index in [0.717, 1.165) is 12.1 Å². The second-order valence-electron chi connectivity index (χ2n) is 3.20. The highest BCUT2D eigenvalue weighted by molar-refractivity contribution is 5.91. The third kappa shape index (κ3) is 2.88. The third-order valence-electron chi connectivity index (χ3n) is 1.94. The van der Waals surface area contributed by atoms with Gasteiger partial charge in [-0.25, -0.2) is 0 Å². The Morgan fingerprint density at radius 1 is 1.44 bits per heavy atom. The van der Waals surface area contributed by atoms with Crippen molar-refractivity contribution in [3.63, 3.8) is 0 Å². The van der Waals surface area contributed by atoms with Crippen LogP contribution in [0.5, 0.6) is 0 Å². The lowest BCUT2D eigenvalue weighted by Gasteiger charge is -2.13. The molecule has 0 radical (unpaired) electrons. The molecule has 3 N–H and O–H groups in total. The molecule has 0 spiro atoms. The van der Waals surface area contributed by atoms with Gasteiger partial charge >= 0.3 is 6.18 Å². The van der Waals surface area contributed by atoms with Crippen LogP contribution in [-0.2, 0) is 11.0 Å². The minimum atomic E-state index is -4.54. The van der Waals surface area contributed by atoms with E-state index in [4.69, 9.17) is 5.73 Å². The molecule has 1 aromatic rings. The summed E-state index contributed by atoms with van der Waals surface area (Å²) in [6, 6.07) is 3.25. The Morgan fingerprint density at radius 3 is 2.56 bits per heavy atom. The number of rotatable bonds is 2. The summed E-state index contributed by atoms with van der Waals surface area (Å²) in [6.07, 6.45) is -4.42. The molecular weight excluding hydrogens is 221 g/mol. The van der Waals surface area contributed by atoms with E-state index in [-0.39, 0.29) is 17.8 Å². The third-order valence-corrected chi connectivity index (χ3v) is 1.94. The fourth-order valence-electron chi connectivity index (χ4n) is 1.14. The summed E-state index contributed by atoms with van der Waals surface area (Å²) in [7, 11) is 0. The minimum absolute atomic E-state index is 0.00169. The van der Waals surface area contributed by atoms with E-state index in [1.165, 1.54) is 6.07 Å². The predicted octanol–water partition coefficient (Wildman–Crippen LogP) is 2.64. The Hall–Kier alpha value is -1.72. The molecule has 0 unspecified atom stereocenters. The molecule has 0 aliphatic rings. The molecule has 0 aromatic heterocycles. The van der Waals surface area contributed by atoms with Crippen LogP contribution in [0.3, 0.4) is 0 Å². The molecule has 88 valence electrons. The zero-order valence-electron chi connectivity index (χ0n) is 8.56. The number of carbonyl (C=O) groups excluding carboxylic acids is 1. The molecule has 0 fully saturated rings. The average Bonchev–Trinajstić information content (AvgIpc) is 2.19. The van der Waals surface area contributed by atoms with E-state index in [9.17, 15) is 18.0 Å². The number of nitrogens with two attached hydrogens (primary N) is 1. The molecule has 0 saturated carbocycles. The second kappa shape index (κ2) is 4.42. The number of halogens is 3. The lowest BCUT2D eigenvalue weighted by molar-refractivity contribution is -0.136. The number of amides is 1. The van der Waals surface area contributed by atoms with Gasteiger partial charge in [0.2, 0.25) is 5.91 Å². The van der Waals surface area contributed by atoms with Crippen molar-refractivity contribution >= 4 is 17.3 Å². The zero-order valence-corrected chi connectivity index (χ0v) is 8.56. The highest BCUT2D eigenvalue weighted by Crippen LogP contribution is 2.36. The molecule has 0 heterocycles. The monoisotopic (exact) mass is 232 g/mol. The molecule has 1 aromatic carbocycles. The maximum absolute atomic E-state index is 12.6. The van der Waals surface area contributed by atoms with Crippen LogP contribution in [0.25, 0.3) is 0 Å². The number of hydrogen-bond acceptors (Lipinski definition) is 2. The van der Waals surface area contributed by atoms with Crippen LogP contribution in [0.4, 0.5) is 24.5 Å². The van der Waals surface area contributed by atoms with Crippen LogP contribution in [0.2, 0.25) is 0 Å². The van der Waals surface area contributed by atoms with Crippen LogP contribution in [0, 0.1) is 0 Å². The van der Waals surface area contributed by atoms with Gasteiger partial charge in [-0.05, 0) is 18.2 Å². The largest absolute Gasteiger partial charge is 0.418 e. The molecule has 1 amide bonds. The topological polar surface area (TPSA) is 55.1 Å². The molecular formula is C10H11F3N2O. The van der Waals surface area contributed by atoms with Crippen molar-refractivity contribution in [2.75, 3.05) is 11.1 Å². The van der Waals surface area contributed by atoms with Crippen molar-refractivity contribution in [3.05, 3.63) is 23.8 Å². The summed E-state index contributed by atoms with van der Waals surface area (Å²) in [4.78, 5) is 11.0. The number of benzene rings is 1. The van der Waals surface area contributed by atoms with Gasteiger partial charge in [-0.1, -0.05) is 6.92 Å². The Morgan fingerprint density at radius 2 is 2.06 bits per heavy atom. The number of carbonyl (C=O) groups is 1. The predicted molar refractivity (Wildman–Crippen MR) is 54.8 cm³/mol. The highest BCUT2D eigenvalue weighted by Gasteiger charge is 2.34. The van der Waals surface area contributed by atoms with Crippen molar-refractivity contribution in [2.24, 2.45) is 0 Å². The van der Waals surface area contributed by atoms with Crippen molar-refractivity contribution in [3.8, 4) is 0 Å². The molecule has 6 heteroatoms. The molecule has 0 atom stereocenters. The van der Waals surface area contributed by atoms with Gasteiger partial charge in [0.05, 0.1) is 11.3 Å². The summed E-state index contributed by atoms with van der Waals surface area (Å²) >= 11 is 0. The van der Waals surface area contributed by atoms with Gasteiger partial charge in [0.1, 0.15) is 0 Å². The molecule has 0 aliphatic heterocycles. The minimum Gasteiger partial charge on any atom is -0.399 e. The van der Waals surface area contributed by atoms with Crippen LogP contribution < -0.4 is 11.1 Å². The fourth-order valence-corrected chi connectivity index (χ4v) is 1.14. The van der Waals surface area contributed by atoms with E-state index in [1.54, 1.807) is 6.92 Å². The SMILES string of the molecule is CCC(=O)Nc1ccc(N)cc1C(F)(F)F. The van der Waals surface area contributed by atoms with Gasteiger partial charge in [0.15, 0.2) is 0 Å². The van der Waals surface area contributed by atoms with E-state index in [0.29, 0.717) is 0 Å². The van der Waals surface area contributed by atoms with Crippen LogP contribution in [0.15, 0.2) is 18.2 Å². The standard InChI is InChI=1S/C10H11F3N2O/c1-2-9(16)15-8-4-3-6(14)5-7(8)10(11,12)13/h3-5H,2,14H2,1H3,(H,15,16). The summed E-state index contributed by atoms with van der Waals surface area (Å²) in [5.41, 5.74) is 4.07. The molecule has 0 bridgehead atoms. The molecule has 0 saturated heterocycles. The van der Waals surface area contributed by atoms with Crippen LogP contribution >= 0.6 is 0 Å². The summed E-state index contributed by atoms with van der Waals surface area (Å²) < 4.78 is 37.7. The maximum Gasteiger partial charge on any atom is 0.418 e. The lowest BCUT2D eigenvalue weighted by Crippen LogP contribution is -2.15. The van der Waals surface area contributed by atoms with Crippen LogP contribution in [-0.4, -0.2) is 5.91 Å². The van der Waals surface area contributed by atoms with Gasteiger partial charge in [-0.3, -0.25) is 4.79 Å². The zero-order chi connectivity index (χ0) is 12.3. The Bertz CT molecular complexity index is 402. The Balaban J connectivity index is 3.13. The fraction of sp³-hybridized carbons (Fsp3) is 0.300. The summed E-state index contributed by atoms with van der Waals surface area (Å²) in [6.45, 7) is 1.56. The first-order valence-corrected chi connectivity index (χ1v) is 4.61. The van der Waals surface area contributed by atoms with Crippen molar-refractivity contribution in [1.29, 1.82) is 0 Å². The van der Waals surface area contributed by atoms with E-state index < -0.39 is 17.6 Å². The highest BCUT2D eigenvalue weighted by atomic mass is 19.4. The Kier molecular flexibility index (Phi) is 3.41. The number of anilines is 2. The maximum atomic E-state index is 12.6. The lowest BCUT2D eigenvalue weighted by atomic mass is 10.1.